The standard InChI is InChI=1S/C10H10F2O3/c1-15-8-4-2-3-7(5-8)10(11,12)6-9(13)14/h2-5H,6H2,1H3,(H,13,14). The highest BCUT2D eigenvalue weighted by Crippen LogP contribution is 2.33. The summed E-state index contributed by atoms with van der Waals surface area (Å²) in [6, 6.07) is 5.21. The van der Waals surface area contributed by atoms with E-state index in [1.807, 2.05) is 0 Å². The van der Waals surface area contributed by atoms with E-state index in [0.29, 0.717) is 0 Å². The van der Waals surface area contributed by atoms with E-state index in [4.69, 9.17) is 9.84 Å². The molecule has 15 heavy (non-hydrogen) atoms. The summed E-state index contributed by atoms with van der Waals surface area (Å²) >= 11 is 0. The van der Waals surface area contributed by atoms with E-state index in [9.17, 15) is 13.6 Å². The summed E-state index contributed by atoms with van der Waals surface area (Å²) in [6.07, 6.45) is -1.22. The second-order valence-corrected chi connectivity index (χ2v) is 3.01. The van der Waals surface area contributed by atoms with Gasteiger partial charge >= 0.3 is 5.97 Å². The highest BCUT2D eigenvalue weighted by atomic mass is 19.3. The lowest BCUT2D eigenvalue weighted by molar-refractivity contribution is -0.145. The van der Waals surface area contributed by atoms with Crippen LogP contribution in [0.1, 0.15) is 12.0 Å². The van der Waals surface area contributed by atoms with Crippen LogP contribution in [-0.2, 0) is 10.7 Å². The molecule has 0 fully saturated rings. The maximum atomic E-state index is 13.3. The first-order valence-corrected chi connectivity index (χ1v) is 4.20. The maximum Gasteiger partial charge on any atom is 0.309 e. The third-order valence-electron chi connectivity index (χ3n) is 1.87. The number of rotatable bonds is 4. The number of halogens is 2. The van der Waals surface area contributed by atoms with Crippen LogP contribution in [0, 0.1) is 0 Å². The average molecular weight is 216 g/mol. The SMILES string of the molecule is COc1cccc(C(F)(F)CC(=O)O)c1. The van der Waals surface area contributed by atoms with E-state index < -0.39 is 18.3 Å². The van der Waals surface area contributed by atoms with Crippen LogP contribution in [0.25, 0.3) is 0 Å². The van der Waals surface area contributed by atoms with Gasteiger partial charge in [-0.15, -0.1) is 0 Å². The smallest absolute Gasteiger partial charge is 0.309 e. The van der Waals surface area contributed by atoms with Crippen LogP contribution in [0.15, 0.2) is 24.3 Å². The third-order valence-corrected chi connectivity index (χ3v) is 1.87. The summed E-state index contributed by atoms with van der Waals surface area (Å²) in [6.45, 7) is 0. The molecule has 0 aliphatic carbocycles. The summed E-state index contributed by atoms with van der Waals surface area (Å²) in [7, 11) is 1.36. The summed E-state index contributed by atoms with van der Waals surface area (Å²) in [5, 5.41) is 8.33. The number of hydrogen-bond donors (Lipinski definition) is 1. The van der Waals surface area contributed by atoms with Gasteiger partial charge in [0.05, 0.1) is 7.11 Å². The summed E-state index contributed by atoms with van der Waals surface area (Å²) in [5.74, 6) is -4.64. The van der Waals surface area contributed by atoms with Crippen LogP contribution in [0.2, 0.25) is 0 Å². The Kier molecular flexibility index (Phi) is 3.24. The maximum absolute atomic E-state index is 13.3. The van der Waals surface area contributed by atoms with Crippen LogP contribution >= 0.6 is 0 Å². The van der Waals surface area contributed by atoms with Gasteiger partial charge in [0, 0.05) is 5.56 Å². The monoisotopic (exact) mass is 216 g/mol. The molecule has 0 aliphatic heterocycles. The lowest BCUT2D eigenvalue weighted by Gasteiger charge is -2.14. The van der Waals surface area contributed by atoms with Crippen molar-refractivity contribution in [2.45, 2.75) is 12.3 Å². The molecule has 1 N–H and O–H groups in total. The summed E-state index contributed by atoms with van der Waals surface area (Å²) < 4.78 is 31.3. The Balaban J connectivity index is 2.98. The number of carbonyl (C=O) groups is 1. The van der Waals surface area contributed by atoms with Crippen LogP contribution in [0.3, 0.4) is 0 Å². The molecule has 0 amide bonds. The van der Waals surface area contributed by atoms with Gasteiger partial charge in [-0.2, -0.15) is 0 Å². The first-order valence-electron chi connectivity index (χ1n) is 4.20. The zero-order valence-electron chi connectivity index (χ0n) is 8.04. The van der Waals surface area contributed by atoms with Crippen molar-refractivity contribution >= 4 is 5.97 Å². The van der Waals surface area contributed by atoms with Gasteiger partial charge in [-0.3, -0.25) is 4.79 Å². The molecule has 1 rings (SSSR count). The van der Waals surface area contributed by atoms with Crippen molar-refractivity contribution in [1.82, 2.24) is 0 Å². The van der Waals surface area contributed by atoms with Gasteiger partial charge < -0.3 is 9.84 Å². The zero-order valence-corrected chi connectivity index (χ0v) is 8.04. The van der Waals surface area contributed by atoms with E-state index in [1.54, 1.807) is 0 Å². The van der Waals surface area contributed by atoms with Gasteiger partial charge in [-0.1, -0.05) is 12.1 Å². The molecule has 0 radical (unpaired) electrons. The summed E-state index contributed by atoms with van der Waals surface area (Å²) in [4.78, 5) is 10.2. The zero-order chi connectivity index (χ0) is 11.5. The number of aliphatic carboxylic acids is 1. The molecular formula is C10H10F2O3. The van der Waals surface area contributed by atoms with Crippen molar-refractivity contribution in [2.75, 3.05) is 7.11 Å². The number of ether oxygens (including phenoxy) is 1. The quantitative estimate of drug-likeness (QED) is 0.839. The van der Waals surface area contributed by atoms with Gasteiger partial charge in [0.2, 0.25) is 0 Å². The van der Waals surface area contributed by atoms with Crippen molar-refractivity contribution in [1.29, 1.82) is 0 Å². The molecule has 3 nitrogen and oxygen atoms in total. The molecule has 1 aromatic carbocycles. The predicted octanol–water partition coefficient (Wildman–Crippen LogP) is 2.26. The first kappa shape index (κ1) is 11.4. The molecule has 0 atom stereocenters. The van der Waals surface area contributed by atoms with Crippen molar-refractivity contribution in [3.63, 3.8) is 0 Å². The Morgan fingerprint density at radius 3 is 2.73 bits per heavy atom. The van der Waals surface area contributed by atoms with E-state index >= 15 is 0 Å². The van der Waals surface area contributed by atoms with Gasteiger partial charge in [0.1, 0.15) is 12.2 Å². The molecule has 0 spiro atoms. The fraction of sp³-hybridized carbons (Fsp3) is 0.300. The predicted molar refractivity (Wildman–Crippen MR) is 49.1 cm³/mol. The van der Waals surface area contributed by atoms with Crippen LogP contribution in [0.4, 0.5) is 8.78 Å². The number of carboxylic acids is 1. The van der Waals surface area contributed by atoms with Crippen LogP contribution < -0.4 is 4.74 Å². The normalized spacial score (nSPS) is 11.1. The largest absolute Gasteiger partial charge is 0.497 e. The molecule has 0 heterocycles. The molecular weight excluding hydrogens is 206 g/mol. The number of benzene rings is 1. The molecule has 0 aliphatic rings. The third kappa shape index (κ3) is 2.90. The topological polar surface area (TPSA) is 46.5 Å². The van der Waals surface area contributed by atoms with Crippen molar-refractivity contribution < 1.29 is 23.4 Å². The molecule has 0 bridgehead atoms. The minimum absolute atomic E-state index is 0.276. The minimum Gasteiger partial charge on any atom is -0.497 e. The molecule has 0 saturated heterocycles. The molecule has 82 valence electrons. The molecule has 0 saturated carbocycles. The molecule has 0 aromatic heterocycles. The Labute approximate surface area is 85.3 Å². The molecule has 0 unspecified atom stereocenters. The molecule has 1 aromatic rings. The van der Waals surface area contributed by atoms with Crippen LogP contribution in [-0.4, -0.2) is 18.2 Å². The number of methoxy groups -OCH3 is 1. The fourth-order valence-corrected chi connectivity index (χ4v) is 1.14. The highest BCUT2D eigenvalue weighted by Gasteiger charge is 2.34. The van der Waals surface area contributed by atoms with Gasteiger partial charge in [-0.05, 0) is 12.1 Å². The Hall–Kier alpha value is -1.65. The second kappa shape index (κ2) is 4.25. The second-order valence-electron chi connectivity index (χ2n) is 3.01. The van der Waals surface area contributed by atoms with Crippen molar-refractivity contribution in [3.8, 4) is 5.75 Å². The average Bonchev–Trinajstić information content (AvgIpc) is 2.16. The van der Waals surface area contributed by atoms with Gasteiger partial charge in [0.15, 0.2) is 0 Å². The van der Waals surface area contributed by atoms with E-state index in [2.05, 4.69) is 0 Å². The Morgan fingerprint density at radius 1 is 1.53 bits per heavy atom. The Bertz CT molecular complexity index is 363. The number of hydrogen-bond acceptors (Lipinski definition) is 2. The first-order chi connectivity index (χ1) is 6.95. The highest BCUT2D eigenvalue weighted by molar-refractivity contribution is 5.68. The van der Waals surface area contributed by atoms with Gasteiger partial charge in [-0.25, -0.2) is 8.78 Å². The van der Waals surface area contributed by atoms with E-state index in [-0.39, 0.29) is 11.3 Å². The molecule has 5 heteroatoms. The lowest BCUT2D eigenvalue weighted by atomic mass is 10.1. The summed E-state index contributed by atoms with van der Waals surface area (Å²) in [5.41, 5.74) is -0.357. The number of alkyl halides is 2. The Morgan fingerprint density at radius 2 is 2.20 bits per heavy atom. The minimum atomic E-state index is -3.37. The van der Waals surface area contributed by atoms with E-state index in [0.717, 1.165) is 6.07 Å². The van der Waals surface area contributed by atoms with E-state index in [1.165, 1.54) is 25.3 Å². The fourth-order valence-electron chi connectivity index (χ4n) is 1.14. The lowest BCUT2D eigenvalue weighted by Crippen LogP contribution is -2.18. The number of carboxylic acid groups (broad SMARTS) is 1. The van der Waals surface area contributed by atoms with Crippen molar-refractivity contribution in [2.24, 2.45) is 0 Å². The van der Waals surface area contributed by atoms with Crippen molar-refractivity contribution in [3.05, 3.63) is 29.8 Å². The van der Waals surface area contributed by atoms with Gasteiger partial charge in [0.25, 0.3) is 5.92 Å². The van der Waals surface area contributed by atoms with Crippen LogP contribution in [0.5, 0.6) is 5.75 Å².